The largest absolute Gasteiger partial charge is 0.491 e. The van der Waals surface area contributed by atoms with E-state index in [-0.39, 0.29) is 12.5 Å². The quantitative estimate of drug-likeness (QED) is 0.752. The molecule has 0 spiro atoms. The fourth-order valence-electron chi connectivity index (χ4n) is 1.35. The minimum Gasteiger partial charge on any atom is -0.365 e. The maximum atomic E-state index is 11.0. The smallest absolute Gasteiger partial charge is 0.365 e. The first kappa shape index (κ1) is 12.6. The van der Waals surface area contributed by atoms with E-state index in [1.54, 1.807) is 12.1 Å². The van der Waals surface area contributed by atoms with Crippen molar-refractivity contribution in [2.45, 2.75) is 13.1 Å². The summed E-state index contributed by atoms with van der Waals surface area (Å²) in [6.45, 7) is 0.565. The minimum absolute atomic E-state index is 0.128. The summed E-state index contributed by atoms with van der Waals surface area (Å²) >= 11 is 0. The summed E-state index contributed by atoms with van der Waals surface area (Å²) in [7, 11) is -4.16. The summed E-state index contributed by atoms with van der Waals surface area (Å²) in [4.78, 5) is 0. The maximum Gasteiger partial charge on any atom is 0.491 e. The molecule has 1 heterocycles. The molecule has 4 N–H and O–H groups in total. The van der Waals surface area contributed by atoms with Gasteiger partial charge in [0.15, 0.2) is 0 Å². The van der Waals surface area contributed by atoms with Gasteiger partial charge in [-0.15, -0.1) is 4.28 Å². The Morgan fingerprint density at radius 1 is 1.22 bits per heavy atom. The molecule has 0 bridgehead atoms. The number of hydrogen-bond acceptors (Lipinski definition) is 8. The standard InChI is InChI=1S/C9H12N4O4S/c10-5-7-1-3-8(4-2-7)6-13-9(11)12-16-18(14,15)17-13/h1-4H,5-6,10H2,(H2,11,12). The van der Waals surface area contributed by atoms with Crippen molar-refractivity contribution >= 4 is 16.4 Å². The number of benzene rings is 1. The van der Waals surface area contributed by atoms with Crippen LogP contribution in [0.15, 0.2) is 29.4 Å². The van der Waals surface area contributed by atoms with Crippen molar-refractivity contribution in [1.82, 2.24) is 5.06 Å². The molecular weight excluding hydrogens is 260 g/mol. The van der Waals surface area contributed by atoms with Crippen molar-refractivity contribution < 1.29 is 17.0 Å². The van der Waals surface area contributed by atoms with Gasteiger partial charge in [-0.05, 0) is 16.3 Å². The van der Waals surface area contributed by atoms with Gasteiger partial charge in [-0.3, -0.25) is 0 Å². The van der Waals surface area contributed by atoms with Crippen molar-refractivity contribution in [3.63, 3.8) is 0 Å². The lowest BCUT2D eigenvalue weighted by atomic mass is 10.1. The number of hydrogen-bond donors (Lipinski definition) is 2. The Kier molecular flexibility index (Phi) is 3.36. The van der Waals surface area contributed by atoms with Crippen LogP contribution in [0.4, 0.5) is 0 Å². The number of oxime groups is 1. The highest BCUT2D eigenvalue weighted by atomic mass is 32.3. The third-order valence-corrected chi connectivity index (χ3v) is 2.86. The highest BCUT2D eigenvalue weighted by molar-refractivity contribution is 7.81. The molecule has 0 amide bonds. The lowest BCUT2D eigenvalue weighted by molar-refractivity contribution is -0.0207. The van der Waals surface area contributed by atoms with Gasteiger partial charge in [0, 0.05) is 6.54 Å². The van der Waals surface area contributed by atoms with Crippen LogP contribution < -0.4 is 11.5 Å². The van der Waals surface area contributed by atoms with Gasteiger partial charge >= 0.3 is 10.4 Å². The molecule has 98 valence electrons. The summed E-state index contributed by atoms with van der Waals surface area (Å²) in [5.74, 6) is -0.173. The normalized spacial score (nSPS) is 18.1. The zero-order chi connectivity index (χ0) is 13.2. The molecule has 0 fully saturated rings. The highest BCUT2D eigenvalue weighted by Gasteiger charge is 2.27. The monoisotopic (exact) mass is 272 g/mol. The van der Waals surface area contributed by atoms with Crippen molar-refractivity contribution in [3.05, 3.63) is 35.4 Å². The van der Waals surface area contributed by atoms with Gasteiger partial charge in [0.05, 0.1) is 6.54 Å². The molecule has 0 saturated carbocycles. The first-order valence-corrected chi connectivity index (χ1v) is 6.35. The van der Waals surface area contributed by atoms with E-state index in [4.69, 9.17) is 11.5 Å². The number of nitrogens with two attached hydrogens (primary N) is 2. The summed E-state index contributed by atoms with van der Waals surface area (Å²) in [6.07, 6.45) is 0. The Bertz CT molecular complexity index is 554. The first-order valence-electron chi connectivity index (χ1n) is 5.02. The predicted molar refractivity (Wildman–Crippen MR) is 62.6 cm³/mol. The maximum absolute atomic E-state index is 11.0. The molecule has 8 nitrogen and oxygen atoms in total. The van der Waals surface area contributed by atoms with Gasteiger partial charge < -0.3 is 11.5 Å². The summed E-state index contributed by atoms with van der Waals surface area (Å²) in [6, 6.07) is 7.25. The van der Waals surface area contributed by atoms with E-state index >= 15 is 0 Å². The predicted octanol–water partition coefficient (Wildman–Crippen LogP) is -0.616. The average Bonchev–Trinajstić information content (AvgIpc) is 2.35. The van der Waals surface area contributed by atoms with Gasteiger partial charge in [0.2, 0.25) is 0 Å². The average molecular weight is 272 g/mol. The number of rotatable bonds is 3. The van der Waals surface area contributed by atoms with Gasteiger partial charge in [0.1, 0.15) is 0 Å². The van der Waals surface area contributed by atoms with E-state index in [0.717, 1.165) is 16.2 Å². The molecule has 0 atom stereocenters. The van der Waals surface area contributed by atoms with Gasteiger partial charge in [-0.25, -0.2) is 4.28 Å². The molecule has 0 aromatic heterocycles. The topological polar surface area (TPSA) is 120 Å². The molecule has 1 aromatic carbocycles. The molecule has 0 saturated heterocycles. The van der Waals surface area contributed by atoms with Crippen molar-refractivity contribution in [2.75, 3.05) is 0 Å². The van der Waals surface area contributed by atoms with Gasteiger partial charge in [-0.1, -0.05) is 24.3 Å². The third-order valence-electron chi connectivity index (χ3n) is 2.24. The molecule has 0 aliphatic carbocycles. The Morgan fingerprint density at radius 2 is 1.83 bits per heavy atom. The second kappa shape index (κ2) is 4.80. The van der Waals surface area contributed by atoms with Crippen LogP contribution in [0, 0.1) is 0 Å². The molecule has 2 rings (SSSR count). The van der Waals surface area contributed by atoms with E-state index < -0.39 is 10.4 Å². The molecule has 1 aliphatic rings. The van der Waals surface area contributed by atoms with E-state index in [1.807, 2.05) is 12.1 Å². The molecular formula is C9H12N4O4S. The van der Waals surface area contributed by atoms with E-state index in [9.17, 15) is 8.42 Å². The summed E-state index contributed by atoms with van der Waals surface area (Å²) in [5, 5.41) is 4.11. The Morgan fingerprint density at radius 3 is 2.44 bits per heavy atom. The molecule has 0 radical (unpaired) electrons. The van der Waals surface area contributed by atoms with Crippen LogP contribution in [0.25, 0.3) is 0 Å². The van der Waals surface area contributed by atoms with Crippen LogP contribution in [0.2, 0.25) is 0 Å². The van der Waals surface area contributed by atoms with Crippen molar-refractivity contribution in [2.24, 2.45) is 16.6 Å². The van der Waals surface area contributed by atoms with Crippen LogP contribution in [0.5, 0.6) is 0 Å². The van der Waals surface area contributed by atoms with Crippen LogP contribution in [0.3, 0.4) is 0 Å². The Balaban J connectivity index is 2.13. The zero-order valence-corrected chi connectivity index (χ0v) is 10.1. The zero-order valence-electron chi connectivity index (χ0n) is 9.31. The number of nitrogens with zero attached hydrogens (tertiary/aromatic N) is 2. The lowest BCUT2D eigenvalue weighted by Crippen LogP contribution is -2.42. The Hall–Kier alpha value is -1.84. The fourth-order valence-corrected chi connectivity index (χ4v) is 1.89. The van der Waals surface area contributed by atoms with Crippen LogP contribution in [-0.4, -0.2) is 19.4 Å². The second-order valence-electron chi connectivity index (χ2n) is 3.56. The minimum atomic E-state index is -4.16. The number of hydroxylamine groups is 2. The van der Waals surface area contributed by atoms with E-state index in [2.05, 4.69) is 13.7 Å². The van der Waals surface area contributed by atoms with Crippen molar-refractivity contribution in [3.8, 4) is 0 Å². The Labute approximate surface area is 104 Å². The third kappa shape index (κ3) is 2.88. The SMILES string of the molecule is NCc1ccc(CN2OS(=O)(=O)ON=C2N)cc1. The molecule has 1 aliphatic heterocycles. The van der Waals surface area contributed by atoms with Crippen LogP contribution in [-0.2, 0) is 32.1 Å². The molecule has 9 heteroatoms. The van der Waals surface area contributed by atoms with Gasteiger partial charge in [0.25, 0.3) is 5.96 Å². The first-order chi connectivity index (χ1) is 8.50. The molecule has 0 unspecified atom stereocenters. The van der Waals surface area contributed by atoms with Gasteiger partial charge in [-0.2, -0.15) is 13.5 Å². The fraction of sp³-hybridized carbons (Fsp3) is 0.222. The molecule has 18 heavy (non-hydrogen) atoms. The summed E-state index contributed by atoms with van der Waals surface area (Å²) < 4.78 is 30.6. The van der Waals surface area contributed by atoms with Crippen LogP contribution in [0.1, 0.15) is 11.1 Å². The second-order valence-corrected chi connectivity index (χ2v) is 4.68. The summed E-state index contributed by atoms with van der Waals surface area (Å²) in [5.41, 5.74) is 12.7. The van der Waals surface area contributed by atoms with Crippen molar-refractivity contribution in [1.29, 1.82) is 0 Å². The lowest BCUT2D eigenvalue weighted by Gasteiger charge is -2.23. The molecule has 1 aromatic rings. The number of guanidine groups is 1. The van der Waals surface area contributed by atoms with Crippen LogP contribution >= 0.6 is 0 Å². The van der Waals surface area contributed by atoms with E-state index in [1.165, 1.54) is 0 Å². The highest BCUT2D eigenvalue weighted by Crippen LogP contribution is 2.13. The van der Waals surface area contributed by atoms with E-state index in [0.29, 0.717) is 6.54 Å².